The van der Waals surface area contributed by atoms with Crippen LogP contribution in [0.4, 0.5) is 0 Å². The fourth-order valence-corrected chi connectivity index (χ4v) is 3.84. The number of nitrogens with zero attached hydrogens (tertiary/aromatic N) is 1. The largest absolute Gasteiger partial charge is 0.493 e. The Morgan fingerprint density at radius 3 is 2.68 bits per heavy atom. The fraction of sp³-hybridized carbons (Fsp3) is 0.300. The Balaban J connectivity index is 2.18. The summed E-state index contributed by atoms with van der Waals surface area (Å²) < 4.78 is 6.00. The maximum absolute atomic E-state index is 11.5. The number of unbranched alkanes of at least 4 members (excludes halogenated alkanes) is 1. The summed E-state index contributed by atoms with van der Waals surface area (Å²) in [5.41, 5.74) is 1.52. The molecule has 4 nitrogen and oxygen atoms in total. The van der Waals surface area contributed by atoms with Crippen LogP contribution in [0.5, 0.6) is 5.75 Å². The van der Waals surface area contributed by atoms with Gasteiger partial charge in [-0.25, -0.2) is 9.78 Å². The Bertz CT molecular complexity index is 901. The Morgan fingerprint density at radius 1 is 1.20 bits per heavy atom. The highest BCUT2D eigenvalue weighted by atomic mass is 32.1. The van der Waals surface area contributed by atoms with Crippen LogP contribution in [0.15, 0.2) is 36.4 Å². The van der Waals surface area contributed by atoms with E-state index < -0.39 is 5.97 Å². The molecule has 0 amide bonds. The number of aromatic carboxylic acids is 1. The third-order valence-electron chi connectivity index (χ3n) is 4.09. The maximum atomic E-state index is 11.5. The molecule has 1 heterocycles. The van der Waals surface area contributed by atoms with E-state index in [0.29, 0.717) is 28.6 Å². The minimum atomic E-state index is -0.922. The lowest BCUT2D eigenvalue weighted by molar-refractivity contribution is 0.0701. The van der Waals surface area contributed by atoms with Gasteiger partial charge in [0.2, 0.25) is 0 Å². The number of carboxylic acids is 1. The number of hydrogen-bond donors (Lipinski definition) is 1. The van der Waals surface area contributed by atoms with Crippen LogP contribution >= 0.6 is 11.3 Å². The molecule has 3 rings (SSSR count). The van der Waals surface area contributed by atoms with Crippen molar-refractivity contribution in [1.29, 1.82) is 0 Å². The summed E-state index contributed by atoms with van der Waals surface area (Å²) in [5.74, 6) is -0.158. The topological polar surface area (TPSA) is 59.4 Å². The van der Waals surface area contributed by atoms with E-state index in [1.54, 1.807) is 0 Å². The SMILES string of the molecule is CCCCOc1ccc2ccccc2c1-c1nc(CC)c(C(=O)O)s1. The second kappa shape index (κ2) is 7.66. The van der Waals surface area contributed by atoms with Crippen molar-refractivity contribution >= 4 is 28.1 Å². The van der Waals surface area contributed by atoms with E-state index in [9.17, 15) is 9.90 Å². The highest BCUT2D eigenvalue weighted by Gasteiger charge is 2.21. The maximum Gasteiger partial charge on any atom is 0.347 e. The standard InChI is InChI=1S/C20H21NO3S/c1-3-5-12-24-16-11-10-13-8-6-7-9-14(13)17(16)19-21-15(4-2)18(25-19)20(22)23/h6-11H,3-5,12H2,1-2H3,(H,22,23). The fourth-order valence-electron chi connectivity index (χ4n) is 2.78. The van der Waals surface area contributed by atoms with Gasteiger partial charge in [-0.1, -0.05) is 50.6 Å². The first-order valence-corrected chi connectivity index (χ1v) is 9.35. The summed E-state index contributed by atoms with van der Waals surface area (Å²) in [5, 5.41) is 12.3. The van der Waals surface area contributed by atoms with Crippen LogP contribution in [-0.4, -0.2) is 22.7 Å². The van der Waals surface area contributed by atoms with Crippen molar-refractivity contribution in [3.8, 4) is 16.3 Å². The number of carbonyl (C=O) groups is 1. The van der Waals surface area contributed by atoms with Gasteiger partial charge in [0.1, 0.15) is 15.6 Å². The van der Waals surface area contributed by atoms with E-state index in [-0.39, 0.29) is 0 Å². The highest BCUT2D eigenvalue weighted by molar-refractivity contribution is 7.17. The number of aromatic nitrogens is 1. The van der Waals surface area contributed by atoms with Crippen LogP contribution in [0, 0.1) is 0 Å². The van der Waals surface area contributed by atoms with E-state index in [0.717, 1.165) is 34.9 Å². The average molecular weight is 355 g/mol. The third-order valence-corrected chi connectivity index (χ3v) is 5.19. The van der Waals surface area contributed by atoms with Crippen LogP contribution in [0.3, 0.4) is 0 Å². The molecule has 0 bridgehead atoms. The van der Waals surface area contributed by atoms with Gasteiger partial charge in [-0.3, -0.25) is 0 Å². The highest BCUT2D eigenvalue weighted by Crippen LogP contribution is 2.40. The van der Waals surface area contributed by atoms with Crippen molar-refractivity contribution in [1.82, 2.24) is 4.98 Å². The monoisotopic (exact) mass is 355 g/mol. The minimum Gasteiger partial charge on any atom is -0.493 e. The van der Waals surface area contributed by atoms with Gasteiger partial charge >= 0.3 is 5.97 Å². The molecule has 1 aromatic heterocycles. The minimum absolute atomic E-state index is 0.310. The van der Waals surface area contributed by atoms with Crippen molar-refractivity contribution in [2.45, 2.75) is 33.1 Å². The van der Waals surface area contributed by atoms with Crippen molar-refractivity contribution in [3.05, 3.63) is 47.0 Å². The zero-order valence-electron chi connectivity index (χ0n) is 14.4. The predicted molar refractivity (Wildman–Crippen MR) is 102 cm³/mol. The summed E-state index contributed by atoms with van der Waals surface area (Å²) >= 11 is 1.22. The van der Waals surface area contributed by atoms with Crippen molar-refractivity contribution < 1.29 is 14.6 Å². The van der Waals surface area contributed by atoms with Gasteiger partial charge in [0.25, 0.3) is 0 Å². The lowest BCUT2D eigenvalue weighted by Gasteiger charge is -2.12. The van der Waals surface area contributed by atoms with Gasteiger partial charge in [-0.05, 0) is 29.7 Å². The summed E-state index contributed by atoms with van der Waals surface area (Å²) in [6, 6.07) is 12.0. The van der Waals surface area contributed by atoms with Gasteiger partial charge in [0, 0.05) is 0 Å². The number of fused-ring (bicyclic) bond motifs is 1. The van der Waals surface area contributed by atoms with E-state index >= 15 is 0 Å². The summed E-state index contributed by atoms with van der Waals surface area (Å²) in [6.45, 7) is 4.69. The number of thiazole rings is 1. The Labute approximate surface area is 151 Å². The number of hydrogen-bond acceptors (Lipinski definition) is 4. The van der Waals surface area contributed by atoms with Crippen molar-refractivity contribution in [2.75, 3.05) is 6.61 Å². The summed E-state index contributed by atoms with van der Waals surface area (Å²) in [4.78, 5) is 16.5. The zero-order chi connectivity index (χ0) is 17.8. The molecule has 3 aromatic rings. The summed E-state index contributed by atoms with van der Waals surface area (Å²) in [7, 11) is 0. The van der Waals surface area contributed by atoms with E-state index in [4.69, 9.17) is 4.74 Å². The van der Waals surface area contributed by atoms with E-state index in [2.05, 4.69) is 11.9 Å². The Hall–Kier alpha value is -2.40. The molecule has 0 radical (unpaired) electrons. The van der Waals surface area contributed by atoms with Crippen LogP contribution < -0.4 is 4.74 Å². The molecule has 25 heavy (non-hydrogen) atoms. The number of benzene rings is 2. The smallest absolute Gasteiger partial charge is 0.347 e. The van der Waals surface area contributed by atoms with Gasteiger partial charge in [-0.2, -0.15) is 0 Å². The molecule has 130 valence electrons. The zero-order valence-corrected chi connectivity index (χ0v) is 15.2. The van der Waals surface area contributed by atoms with Crippen molar-refractivity contribution in [2.24, 2.45) is 0 Å². The predicted octanol–water partition coefficient (Wildman–Crippen LogP) is 5.40. The first-order valence-electron chi connectivity index (χ1n) is 8.53. The number of rotatable bonds is 7. The lowest BCUT2D eigenvalue weighted by atomic mass is 10.0. The molecule has 0 saturated heterocycles. The average Bonchev–Trinajstić information content (AvgIpc) is 3.06. The van der Waals surface area contributed by atoms with Crippen LogP contribution in [0.2, 0.25) is 0 Å². The number of aryl methyl sites for hydroxylation is 1. The number of ether oxygens (including phenoxy) is 1. The molecule has 2 aromatic carbocycles. The molecule has 0 unspecified atom stereocenters. The molecule has 1 N–H and O–H groups in total. The van der Waals surface area contributed by atoms with Crippen LogP contribution in [0.25, 0.3) is 21.3 Å². The van der Waals surface area contributed by atoms with Crippen LogP contribution in [-0.2, 0) is 6.42 Å². The second-order valence-corrected chi connectivity index (χ2v) is 6.81. The van der Waals surface area contributed by atoms with Crippen molar-refractivity contribution in [3.63, 3.8) is 0 Å². The molecule has 0 atom stereocenters. The van der Waals surface area contributed by atoms with Gasteiger partial charge < -0.3 is 9.84 Å². The molecular formula is C20H21NO3S. The first-order chi connectivity index (χ1) is 12.2. The molecule has 5 heteroatoms. The Morgan fingerprint density at radius 2 is 2.00 bits per heavy atom. The van der Waals surface area contributed by atoms with E-state index in [1.165, 1.54) is 11.3 Å². The normalized spacial score (nSPS) is 11.0. The third kappa shape index (κ3) is 3.51. The molecule has 0 aliphatic rings. The molecule has 0 saturated carbocycles. The van der Waals surface area contributed by atoms with Crippen LogP contribution in [0.1, 0.15) is 42.1 Å². The van der Waals surface area contributed by atoms with Gasteiger partial charge in [0.05, 0.1) is 17.9 Å². The molecule has 0 aliphatic carbocycles. The summed E-state index contributed by atoms with van der Waals surface area (Å²) in [6.07, 6.45) is 2.63. The first kappa shape index (κ1) is 17.4. The quantitative estimate of drug-likeness (QED) is 0.576. The second-order valence-electron chi connectivity index (χ2n) is 5.82. The Kier molecular flexibility index (Phi) is 5.34. The molecule has 0 spiro atoms. The molecule has 0 fully saturated rings. The molecular weight excluding hydrogens is 334 g/mol. The number of carboxylic acid groups (broad SMARTS) is 1. The van der Waals surface area contributed by atoms with E-state index in [1.807, 2.05) is 43.3 Å². The molecule has 0 aliphatic heterocycles. The lowest BCUT2D eigenvalue weighted by Crippen LogP contribution is -1.99. The van der Waals surface area contributed by atoms with Gasteiger partial charge in [-0.15, -0.1) is 11.3 Å². The van der Waals surface area contributed by atoms with Gasteiger partial charge in [0.15, 0.2) is 0 Å².